The molecular formula is C28H28FN7O3. The molecule has 3 aromatic heterocycles. The predicted molar refractivity (Wildman–Crippen MR) is 143 cm³/mol. The molecule has 39 heavy (non-hydrogen) atoms. The summed E-state index contributed by atoms with van der Waals surface area (Å²) in [6, 6.07) is 8.04. The predicted octanol–water partition coefficient (Wildman–Crippen LogP) is 4.03. The van der Waals surface area contributed by atoms with E-state index in [2.05, 4.69) is 15.3 Å². The molecule has 5 heterocycles. The number of imidazole rings is 1. The maximum absolute atomic E-state index is 15.9. The van der Waals surface area contributed by atoms with Gasteiger partial charge in [-0.3, -0.25) is 14.0 Å². The van der Waals surface area contributed by atoms with Gasteiger partial charge in [0.1, 0.15) is 40.2 Å². The van der Waals surface area contributed by atoms with Crippen molar-refractivity contribution in [3.05, 3.63) is 66.1 Å². The maximum atomic E-state index is 15.9. The van der Waals surface area contributed by atoms with E-state index >= 15 is 4.39 Å². The van der Waals surface area contributed by atoms with E-state index in [-0.39, 0.29) is 52.9 Å². The second-order valence-electron chi connectivity index (χ2n) is 9.80. The number of rotatable bonds is 6. The van der Waals surface area contributed by atoms with Crippen LogP contribution in [0.25, 0.3) is 16.8 Å². The van der Waals surface area contributed by atoms with Crippen LogP contribution < -0.4 is 15.8 Å². The van der Waals surface area contributed by atoms with Gasteiger partial charge >= 0.3 is 0 Å². The summed E-state index contributed by atoms with van der Waals surface area (Å²) in [5.41, 5.74) is 7.22. The highest BCUT2D eigenvalue weighted by Gasteiger charge is 2.38. The number of nitrogens with one attached hydrogen (secondary N) is 1. The number of nitrogens with two attached hydrogens (primary N) is 1. The number of carbonyl (C=O) groups excluding carboxylic acids is 2. The Morgan fingerprint density at radius 1 is 1.21 bits per heavy atom. The molecule has 2 aliphatic rings. The highest BCUT2D eigenvalue weighted by molar-refractivity contribution is 6.04. The first-order valence-corrected chi connectivity index (χ1v) is 13.1. The highest BCUT2D eigenvalue weighted by Crippen LogP contribution is 2.41. The second kappa shape index (κ2) is 9.97. The van der Waals surface area contributed by atoms with Crippen molar-refractivity contribution in [3.63, 3.8) is 0 Å². The van der Waals surface area contributed by atoms with E-state index in [9.17, 15) is 9.59 Å². The summed E-state index contributed by atoms with van der Waals surface area (Å²) in [5.74, 6) is 0.298. The number of hydrogen-bond donors (Lipinski definition) is 2. The van der Waals surface area contributed by atoms with Gasteiger partial charge in [0.15, 0.2) is 0 Å². The molecule has 11 heteroatoms. The molecule has 0 radical (unpaired) electrons. The second-order valence-corrected chi connectivity index (χ2v) is 9.80. The number of anilines is 2. The number of ether oxygens (including phenoxy) is 1. The molecule has 2 amide bonds. The van der Waals surface area contributed by atoms with Crippen LogP contribution in [0.3, 0.4) is 0 Å². The lowest BCUT2D eigenvalue weighted by molar-refractivity contribution is -0.130. The fourth-order valence-corrected chi connectivity index (χ4v) is 5.66. The van der Waals surface area contributed by atoms with Crippen molar-refractivity contribution in [2.24, 2.45) is 0 Å². The molecule has 0 bridgehead atoms. The standard InChI is InChI=1S/C28H28FN7O3/c1-2-39-20-14-17(28(38)33-21-5-3-4-10-31-21)13-19(29)23(20)24-25-26(30)32-11-12-35(25)27(34-24)16-6-7-18-8-9-22(37)36(18)15-16/h3-5,10-14,16,18H,2,6-9,15H2,1H3,(H2,30,32)(H,31,33,38)/t16-,18+/m1/s1. The van der Waals surface area contributed by atoms with Crippen LogP contribution in [0, 0.1) is 5.82 Å². The minimum absolute atomic E-state index is 0.0478. The molecule has 0 spiro atoms. The van der Waals surface area contributed by atoms with Crippen LogP contribution in [0.15, 0.2) is 48.9 Å². The number of amides is 2. The Morgan fingerprint density at radius 2 is 2.08 bits per heavy atom. The zero-order valence-corrected chi connectivity index (χ0v) is 21.4. The Kier molecular flexibility index (Phi) is 6.34. The van der Waals surface area contributed by atoms with Crippen molar-refractivity contribution in [2.45, 2.75) is 44.6 Å². The molecule has 0 aliphatic carbocycles. The van der Waals surface area contributed by atoms with Crippen LogP contribution in [0.2, 0.25) is 0 Å². The van der Waals surface area contributed by atoms with E-state index in [0.717, 1.165) is 25.3 Å². The van der Waals surface area contributed by atoms with E-state index in [1.54, 1.807) is 43.7 Å². The first-order chi connectivity index (χ1) is 18.9. The summed E-state index contributed by atoms with van der Waals surface area (Å²) in [4.78, 5) is 40.5. The van der Waals surface area contributed by atoms with Crippen molar-refractivity contribution in [3.8, 4) is 17.0 Å². The molecule has 6 rings (SSSR count). The van der Waals surface area contributed by atoms with Crippen molar-refractivity contribution in [1.29, 1.82) is 0 Å². The van der Waals surface area contributed by atoms with E-state index in [1.165, 1.54) is 6.07 Å². The number of pyridine rings is 1. The van der Waals surface area contributed by atoms with Gasteiger partial charge in [-0.15, -0.1) is 0 Å². The number of carbonyl (C=O) groups is 2. The number of nitrogens with zero attached hydrogens (tertiary/aromatic N) is 5. The van der Waals surface area contributed by atoms with Crippen LogP contribution in [-0.4, -0.2) is 55.3 Å². The molecule has 4 aromatic rings. The number of benzene rings is 1. The van der Waals surface area contributed by atoms with Gasteiger partial charge in [0, 0.05) is 49.1 Å². The zero-order chi connectivity index (χ0) is 27.1. The van der Waals surface area contributed by atoms with E-state index in [1.807, 2.05) is 9.30 Å². The van der Waals surface area contributed by atoms with Crippen LogP contribution in [0.5, 0.6) is 5.75 Å². The van der Waals surface area contributed by atoms with Gasteiger partial charge in [-0.25, -0.2) is 19.3 Å². The zero-order valence-electron chi connectivity index (χ0n) is 21.4. The van der Waals surface area contributed by atoms with Gasteiger partial charge in [-0.2, -0.15) is 0 Å². The van der Waals surface area contributed by atoms with Crippen LogP contribution in [0.1, 0.15) is 54.7 Å². The molecule has 2 aliphatic heterocycles. The smallest absolute Gasteiger partial charge is 0.257 e. The van der Waals surface area contributed by atoms with Crippen LogP contribution >= 0.6 is 0 Å². The lowest BCUT2D eigenvalue weighted by atomic mass is 9.92. The fraction of sp³-hybridized carbons (Fsp3) is 0.321. The normalized spacial score (nSPS) is 18.8. The third-order valence-electron chi connectivity index (χ3n) is 7.45. The van der Waals surface area contributed by atoms with Crippen molar-refractivity contribution in [1.82, 2.24) is 24.3 Å². The third kappa shape index (κ3) is 4.43. The summed E-state index contributed by atoms with van der Waals surface area (Å²) < 4.78 is 23.6. The molecule has 2 atom stereocenters. The van der Waals surface area contributed by atoms with Gasteiger partial charge in [-0.1, -0.05) is 6.07 Å². The average Bonchev–Trinajstić information content (AvgIpc) is 3.50. The molecule has 2 saturated heterocycles. The number of aromatic nitrogens is 4. The lowest BCUT2D eigenvalue weighted by Gasteiger charge is -2.34. The van der Waals surface area contributed by atoms with Crippen molar-refractivity contribution < 1.29 is 18.7 Å². The van der Waals surface area contributed by atoms with Gasteiger partial charge in [0.05, 0.1) is 12.2 Å². The SMILES string of the molecule is CCOc1cc(C(=O)Nc2ccccn2)cc(F)c1-c1nc([C@@H]2CC[C@H]3CCC(=O)N3C2)n2ccnc(N)c12. The van der Waals surface area contributed by atoms with E-state index in [4.69, 9.17) is 15.5 Å². The highest BCUT2D eigenvalue weighted by atomic mass is 19.1. The number of piperidine rings is 1. The van der Waals surface area contributed by atoms with Crippen LogP contribution in [-0.2, 0) is 4.79 Å². The Bertz CT molecular complexity index is 1570. The summed E-state index contributed by atoms with van der Waals surface area (Å²) >= 11 is 0. The summed E-state index contributed by atoms with van der Waals surface area (Å²) in [7, 11) is 0. The average molecular weight is 530 g/mol. The Hall–Kier alpha value is -4.54. The van der Waals surface area contributed by atoms with Gasteiger partial charge < -0.3 is 20.7 Å². The topological polar surface area (TPSA) is 128 Å². The van der Waals surface area contributed by atoms with E-state index < -0.39 is 11.7 Å². The monoisotopic (exact) mass is 529 g/mol. The lowest BCUT2D eigenvalue weighted by Crippen LogP contribution is -2.41. The molecule has 1 aromatic carbocycles. The van der Waals surface area contributed by atoms with Crippen molar-refractivity contribution in [2.75, 3.05) is 24.2 Å². The van der Waals surface area contributed by atoms with Crippen molar-refractivity contribution >= 4 is 29.0 Å². The van der Waals surface area contributed by atoms with Crippen LogP contribution in [0.4, 0.5) is 16.0 Å². The Labute approximate surface area is 224 Å². The van der Waals surface area contributed by atoms with E-state index in [0.29, 0.717) is 30.1 Å². The molecule has 3 N–H and O–H groups in total. The van der Waals surface area contributed by atoms with Gasteiger partial charge in [-0.05, 0) is 50.5 Å². The number of nitrogen functional groups attached to an aromatic ring is 1. The fourth-order valence-electron chi connectivity index (χ4n) is 5.66. The summed E-state index contributed by atoms with van der Waals surface area (Å²) in [5, 5.41) is 2.67. The number of halogens is 1. The molecule has 10 nitrogen and oxygen atoms in total. The molecule has 0 unspecified atom stereocenters. The number of hydrogen-bond acceptors (Lipinski definition) is 7. The quantitative estimate of drug-likeness (QED) is 0.386. The van der Waals surface area contributed by atoms with Gasteiger partial charge in [0.2, 0.25) is 5.91 Å². The Balaban J connectivity index is 1.44. The molecule has 200 valence electrons. The molecule has 0 saturated carbocycles. The molecular weight excluding hydrogens is 501 g/mol. The Morgan fingerprint density at radius 3 is 2.87 bits per heavy atom. The van der Waals surface area contributed by atoms with Gasteiger partial charge in [0.25, 0.3) is 5.91 Å². The summed E-state index contributed by atoms with van der Waals surface area (Å²) in [6.45, 7) is 2.57. The minimum Gasteiger partial charge on any atom is -0.493 e. The molecule has 2 fully saturated rings. The minimum atomic E-state index is -0.680. The third-order valence-corrected chi connectivity index (χ3v) is 7.45. The first kappa shape index (κ1) is 24.8. The largest absolute Gasteiger partial charge is 0.493 e. The first-order valence-electron chi connectivity index (χ1n) is 13.1. The summed E-state index contributed by atoms with van der Waals surface area (Å²) in [6.07, 6.45) is 8.08. The number of fused-ring (bicyclic) bond motifs is 2. The maximum Gasteiger partial charge on any atom is 0.257 e.